The summed E-state index contributed by atoms with van der Waals surface area (Å²) in [5, 5.41) is 22.3. The maximum atomic E-state index is 11.2. The zero-order valence-corrected chi connectivity index (χ0v) is 11.8. The van der Waals surface area contributed by atoms with Crippen LogP contribution < -0.4 is 10.6 Å². The predicted octanol–water partition coefficient (Wildman–Crippen LogP) is 1.34. The number of rotatable bonds is 10. The summed E-state index contributed by atoms with van der Waals surface area (Å²) in [6.45, 7) is 4.70. The molecule has 19 heavy (non-hydrogen) atoms. The Bertz CT molecular complexity index is 269. The molecule has 0 saturated heterocycles. The van der Waals surface area contributed by atoms with Gasteiger partial charge in [-0.15, -0.1) is 0 Å². The van der Waals surface area contributed by atoms with Gasteiger partial charge in [0.25, 0.3) is 0 Å². The second-order valence-corrected chi connectivity index (χ2v) is 5.09. The lowest BCUT2D eigenvalue weighted by Crippen LogP contribution is -2.42. The number of carbonyl (C=O) groups is 2. The number of carboxylic acid groups (broad SMARTS) is 1. The first-order valence-corrected chi connectivity index (χ1v) is 6.86. The van der Waals surface area contributed by atoms with Gasteiger partial charge in [-0.05, 0) is 12.3 Å². The van der Waals surface area contributed by atoms with Gasteiger partial charge in [0.1, 0.15) is 0 Å². The summed E-state index contributed by atoms with van der Waals surface area (Å²) in [6.07, 6.45) is 4.05. The fraction of sp³-hybridized carbons (Fsp3) is 0.846. The van der Waals surface area contributed by atoms with Gasteiger partial charge in [-0.2, -0.15) is 0 Å². The van der Waals surface area contributed by atoms with E-state index in [9.17, 15) is 9.59 Å². The Morgan fingerprint density at radius 2 is 1.68 bits per heavy atom. The zero-order valence-electron chi connectivity index (χ0n) is 11.8. The number of hydrogen-bond acceptors (Lipinski definition) is 3. The van der Waals surface area contributed by atoms with Gasteiger partial charge in [-0.1, -0.05) is 39.5 Å². The summed E-state index contributed by atoms with van der Waals surface area (Å²) in [4.78, 5) is 21.5. The van der Waals surface area contributed by atoms with Gasteiger partial charge in [0, 0.05) is 6.54 Å². The molecule has 6 nitrogen and oxygen atoms in total. The fourth-order valence-corrected chi connectivity index (χ4v) is 1.57. The number of aliphatic hydroxyl groups excluding tert-OH is 1. The Labute approximate surface area is 114 Å². The largest absolute Gasteiger partial charge is 0.479 e. The summed E-state index contributed by atoms with van der Waals surface area (Å²) in [5.74, 6) is -0.602. The van der Waals surface area contributed by atoms with E-state index in [-0.39, 0.29) is 6.54 Å². The van der Waals surface area contributed by atoms with E-state index in [1.165, 1.54) is 19.3 Å². The number of carbonyl (C=O) groups excluding carboxylic acids is 1. The van der Waals surface area contributed by atoms with Crippen LogP contribution in [0.3, 0.4) is 0 Å². The van der Waals surface area contributed by atoms with Gasteiger partial charge < -0.3 is 20.8 Å². The Morgan fingerprint density at radius 1 is 1.05 bits per heavy atom. The second-order valence-electron chi connectivity index (χ2n) is 5.09. The van der Waals surface area contributed by atoms with Gasteiger partial charge in [0.2, 0.25) is 0 Å². The lowest BCUT2D eigenvalue weighted by atomic mass is 10.0. The van der Waals surface area contributed by atoms with Crippen LogP contribution in [-0.2, 0) is 4.79 Å². The van der Waals surface area contributed by atoms with Crippen molar-refractivity contribution in [3.05, 3.63) is 0 Å². The van der Waals surface area contributed by atoms with E-state index in [4.69, 9.17) is 10.2 Å². The lowest BCUT2D eigenvalue weighted by Gasteiger charge is -2.09. The molecule has 0 fully saturated rings. The minimum Gasteiger partial charge on any atom is -0.479 e. The van der Waals surface area contributed by atoms with Crippen molar-refractivity contribution in [2.45, 2.75) is 52.1 Å². The Hall–Kier alpha value is -1.30. The van der Waals surface area contributed by atoms with E-state index in [1.54, 1.807) is 0 Å². The van der Waals surface area contributed by atoms with E-state index >= 15 is 0 Å². The lowest BCUT2D eigenvalue weighted by molar-refractivity contribution is -0.146. The SMILES string of the molecule is CC(C)CCCCCCNC(=O)NC[C@H](O)C(=O)O. The smallest absolute Gasteiger partial charge is 0.334 e. The van der Waals surface area contributed by atoms with Gasteiger partial charge in [0.05, 0.1) is 6.54 Å². The highest BCUT2D eigenvalue weighted by Crippen LogP contribution is 2.08. The second kappa shape index (κ2) is 10.6. The van der Waals surface area contributed by atoms with E-state index in [1.807, 2.05) is 0 Å². The monoisotopic (exact) mass is 274 g/mol. The van der Waals surface area contributed by atoms with Crippen LogP contribution in [-0.4, -0.2) is 41.4 Å². The van der Waals surface area contributed by atoms with Crippen LogP contribution in [0.15, 0.2) is 0 Å². The molecule has 0 aromatic rings. The maximum Gasteiger partial charge on any atom is 0.334 e. The van der Waals surface area contributed by atoms with Crippen LogP contribution in [0.1, 0.15) is 46.0 Å². The zero-order chi connectivity index (χ0) is 14.7. The van der Waals surface area contributed by atoms with Crippen molar-refractivity contribution in [2.75, 3.05) is 13.1 Å². The van der Waals surface area contributed by atoms with Crippen molar-refractivity contribution in [1.29, 1.82) is 0 Å². The first kappa shape index (κ1) is 17.7. The molecule has 2 amide bonds. The first-order valence-electron chi connectivity index (χ1n) is 6.86. The number of aliphatic carboxylic acids is 1. The molecule has 0 rings (SSSR count). The van der Waals surface area contributed by atoms with Gasteiger partial charge in [-0.3, -0.25) is 0 Å². The van der Waals surface area contributed by atoms with Crippen LogP contribution in [0.5, 0.6) is 0 Å². The molecule has 0 radical (unpaired) electrons. The van der Waals surface area contributed by atoms with Crippen molar-refractivity contribution in [3.63, 3.8) is 0 Å². The molecule has 0 bridgehead atoms. The van der Waals surface area contributed by atoms with Crippen molar-refractivity contribution in [2.24, 2.45) is 5.92 Å². The molecule has 1 atom stereocenters. The highest BCUT2D eigenvalue weighted by atomic mass is 16.4. The summed E-state index contributed by atoms with van der Waals surface area (Å²) >= 11 is 0. The number of hydrogen-bond donors (Lipinski definition) is 4. The minimum absolute atomic E-state index is 0.282. The van der Waals surface area contributed by atoms with Crippen LogP contribution in [0.4, 0.5) is 4.79 Å². The molecule has 0 aliphatic carbocycles. The number of carboxylic acids is 1. The molecule has 0 spiro atoms. The van der Waals surface area contributed by atoms with Gasteiger partial charge in [-0.25, -0.2) is 9.59 Å². The minimum atomic E-state index is -1.55. The van der Waals surface area contributed by atoms with Crippen molar-refractivity contribution >= 4 is 12.0 Å². The Morgan fingerprint density at radius 3 is 2.26 bits per heavy atom. The van der Waals surface area contributed by atoms with Crippen molar-refractivity contribution in [1.82, 2.24) is 10.6 Å². The third kappa shape index (κ3) is 11.5. The highest BCUT2D eigenvalue weighted by molar-refractivity contribution is 5.76. The third-order valence-corrected chi connectivity index (χ3v) is 2.73. The number of unbranched alkanes of at least 4 members (excludes halogenated alkanes) is 3. The van der Waals surface area contributed by atoms with Crippen LogP contribution in [0.25, 0.3) is 0 Å². The molecule has 0 saturated carbocycles. The molecule has 0 heterocycles. The fourth-order valence-electron chi connectivity index (χ4n) is 1.57. The first-order chi connectivity index (χ1) is 8.93. The standard InChI is InChI=1S/C13H26N2O4/c1-10(2)7-5-3-4-6-8-14-13(19)15-9-11(16)12(17)18/h10-11,16H,3-9H2,1-2H3,(H,17,18)(H2,14,15,19)/t11-/m0/s1. The Balaban J connectivity index is 3.36. The topological polar surface area (TPSA) is 98.7 Å². The number of nitrogens with one attached hydrogen (secondary N) is 2. The van der Waals surface area contributed by atoms with Crippen molar-refractivity contribution < 1.29 is 19.8 Å². The van der Waals surface area contributed by atoms with Gasteiger partial charge in [0.15, 0.2) is 6.10 Å². The summed E-state index contributed by atoms with van der Waals surface area (Å²) in [5.41, 5.74) is 0. The molecule has 4 N–H and O–H groups in total. The van der Waals surface area contributed by atoms with E-state index < -0.39 is 18.1 Å². The number of amides is 2. The normalized spacial score (nSPS) is 12.2. The molecule has 0 aromatic carbocycles. The summed E-state index contributed by atoms with van der Waals surface area (Å²) in [6, 6.07) is -0.442. The maximum absolute atomic E-state index is 11.2. The molecule has 0 unspecified atom stereocenters. The molecule has 6 heteroatoms. The number of aliphatic hydroxyl groups is 1. The van der Waals surface area contributed by atoms with Crippen LogP contribution >= 0.6 is 0 Å². The molecule has 112 valence electrons. The molecular formula is C13H26N2O4. The Kier molecular flexibility index (Phi) is 9.88. The van der Waals surface area contributed by atoms with Gasteiger partial charge >= 0.3 is 12.0 Å². The number of urea groups is 1. The average molecular weight is 274 g/mol. The third-order valence-electron chi connectivity index (χ3n) is 2.73. The highest BCUT2D eigenvalue weighted by Gasteiger charge is 2.13. The molecular weight excluding hydrogens is 248 g/mol. The molecule has 0 aliphatic heterocycles. The van der Waals surface area contributed by atoms with E-state index in [0.29, 0.717) is 6.54 Å². The average Bonchev–Trinajstić information content (AvgIpc) is 2.34. The van der Waals surface area contributed by atoms with E-state index in [0.717, 1.165) is 18.8 Å². The van der Waals surface area contributed by atoms with E-state index in [2.05, 4.69) is 24.5 Å². The molecule has 0 aliphatic rings. The predicted molar refractivity (Wildman–Crippen MR) is 73.0 cm³/mol. The van der Waals surface area contributed by atoms with Crippen molar-refractivity contribution in [3.8, 4) is 0 Å². The molecule has 0 aromatic heterocycles. The summed E-state index contributed by atoms with van der Waals surface area (Å²) in [7, 11) is 0. The van der Waals surface area contributed by atoms with Crippen LogP contribution in [0, 0.1) is 5.92 Å². The summed E-state index contributed by atoms with van der Waals surface area (Å²) < 4.78 is 0. The quantitative estimate of drug-likeness (QED) is 0.452. The van der Waals surface area contributed by atoms with Crippen LogP contribution in [0.2, 0.25) is 0 Å².